The molecule has 0 aromatic heterocycles. The van der Waals surface area contributed by atoms with Crippen molar-refractivity contribution < 1.29 is 18.6 Å². The van der Waals surface area contributed by atoms with Crippen molar-refractivity contribution in [1.29, 1.82) is 5.26 Å². The molecule has 2 aromatic rings. The topological polar surface area (TPSA) is 51.5 Å². The second kappa shape index (κ2) is 7.32. The van der Waals surface area contributed by atoms with Crippen molar-refractivity contribution in [2.24, 2.45) is 0 Å². The van der Waals surface area contributed by atoms with Gasteiger partial charge in [-0.3, -0.25) is 0 Å². The summed E-state index contributed by atoms with van der Waals surface area (Å²) in [6, 6.07) is 11.4. The second-order valence-corrected chi connectivity index (χ2v) is 4.60. The number of nitrogens with zero attached hydrogens (tertiary/aromatic N) is 1. The fourth-order valence-corrected chi connectivity index (χ4v) is 2.23. The van der Waals surface area contributed by atoms with Gasteiger partial charge in [0.05, 0.1) is 33.0 Å². The lowest BCUT2D eigenvalue weighted by atomic mass is 10.0. The molecular weight excluding hydrogens is 297 g/mol. The minimum atomic E-state index is -0.400. The number of nitriles is 1. The van der Waals surface area contributed by atoms with Gasteiger partial charge in [0.15, 0.2) is 11.5 Å². The highest BCUT2D eigenvalue weighted by Crippen LogP contribution is 2.41. The lowest BCUT2D eigenvalue weighted by Gasteiger charge is -2.14. The zero-order valence-corrected chi connectivity index (χ0v) is 13.1. The average molecular weight is 313 g/mol. The van der Waals surface area contributed by atoms with Crippen LogP contribution in [0.3, 0.4) is 0 Å². The Morgan fingerprint density at radius 2 is 1.78 bits per heavy atom. The summed E-state index contributed by atoms with van der Waals surface area (Å²) in [6.45, 7) is 0. The van der Waals surface area contributed by atoms with Gasteiger partial charge in [0.1, 0.15) is 5.82 Å². The Morgan fingerprint density at radius 3 is 2.35 bits per heavy atom. The highest BCUT2D eigenvalue weighted by Gasteiger charge is 2.15. The third-order valence-electron chi connectivity index (χ3n) is 3.29. The number of hydrogen-bond acceptors (Lipinski definition) is 4. The summed E-state index contributed by atoms with van der Waals surface area (Å²) in [6.07, 6.45) is 1.62. The molecule has 4 nitrogen and oxygen atoms in total. The van der Waals surface area contributed by atoms with E-state index in [1.807, 2.05) is 0 Å². The van der Waals surface area contributed by atoms with E-state index in [9.17, 15) is 9.65 Å². The van der Waals surface area contributed by atoms with Crippen LogP contribution in [0.15, 0.2) is 36.4 Å². The van der Waals surface area contributed by atoms with Crippen molar-refractivity contribution in [2.75, 3.05) is 21.3 Å². The number of allylic oxidation sites excluding steroid dienone is 1. The third kappa shape index (κ3) is 3.43. The predicted molar refractivity (Wildman–Crippen MR) is 86.0 cm³/mol. The monoisotopic (exact) mass is 313 g/mol. The number of ether oxygens (including phenoxy) is 3. The first-order chi connectivity index (χ1) is 11.1. The van der Waals surface area contributed by atoms with Crippen LogP contribution in [0.5, 0.6) is 17.2 Å². The van der Waals surface area contributed by atoms with Gasteiger partial charge in [0.2, 0.25) is 5.75 Å². The van der Waals surface area contributed by atoms with Crippen LogP contribution in [0.25, 0.3) is 11.6 Å². The van der Waals surface area contributed by atoms with E-state index >= 15 is 0 Å². The minimum absolute atomic E-state index is 0.315. The number of benzene rings is 2. The smallest absolute Gasteiger partial charge is 0.203 e. The molecule has 0 N–H and O–H groups in total. The molecule has 0 amide bonds. The molecular formula is C18H16FNO3. The molecule has 0 saturated carbocycles. The van der Waals surface area contributed by atoms with Gasteiger partial charge in [-0.2, -0.15) is 5.26 Å². The summed E-state index contributed by atoms with van der Waals surface area (Å²) in [7, 11) is 4.54. The molecule has 0 fully saturated rings. The van der Waals surface area contributed by atoms with E-state index in [-0.39, 0.29) is 0 Å². The Hall–Kier alpha value is -3.00. The third-order valence-corrected chi connectivity index (χ3v) is 3.29. The number of hydrogen-bond donors (Lipinski definition) is 0. The molecule has 118 valence electrons. The zero-order valence-electron chi connectivity index (χ0n) is 13.1. The van der Waals surface area contributed by atoms with E-state index in [1.54, 1.807) is 30.3 Å². The molecule has 0 atom stereocenters. The Balaban J connectivity index is 2.59. The first-order valence-corrected chi connectivity index (χ1v) is 6.81. The molecule has 5 heteroatoms. The van der Waals surface area contributed by atoms with Crippen molar-refractivity contribution in [1.82, 2.24) is 0 Å². The van der Waals surface area contributed by atoms with E-state index in [0.29, 0.717) is 33.9 Å². The van der Waals surface area contributed by atoms with Crippen molar-refractivity contribution in [3.63, 3.8) is 0 Å². The zero-order chi connectivity index (χ0) is 16.8. The van der Waals surface area contributed by atoms with Gasteiger partial charge in [-0.15, -0.1) is 0 Å². The van der Waals surface area contributed by atoms with Crippen LogP contribution in [0, 0.1) is 17.1 Å². The Kier molecular flexibility index (Phi) is 5.21. The molecule has 0 aliphatic rings. The Morgan fingerprint density at radius 1 is 1.04 bits per heavy atom. The molecule has 0 bridgehead atoms. The van der Waals surface area contributed by atoms with Gasteiger partial charge < -0.3 is 14.2 Å². The van der Waals surface area contributed by atoms with Crippen molar-refractivity contribution in [2.45, 2.75) is 0 Å². The molecule has 0 unspecified atom stereocenters. The lowest BCUT2D eigenvalue weighted by Crippen LogP contribution is -1.97. The van der Waals surface area contributed by atoms with Gasteiger partial charge in [0.25, 0.3) is 0 Å². The maximum Gasteiger partial charge on any atom is 0.203 e. The van der Waals surface area contributed by atoms with Crippen LogP contribution in [-0.2, 0) is 0 Å². The van der Waals surface area contributed by atoms with Gasteiger partial charge in [-0.1, -0.05) is 12.1 Å². The van der Waals surface area contributed by atoms with Gasteiger partial charge >= 0.3 is 0 Å². The van der Waals surface area contributed by atoms with Gasteiger partial charge in [0, 0.05) is 5.56 Å². The normalized spacial score (nSPS) is 10.8. The lowest BCUT2D eigenvalue weighted by molar-refractivity contribution is 0.324. The quantitative estimate of drug-likeness (QED) is 0.620. The fraction of sp³-hybridized carbons (Fsp3) is 0.167. The largest absolute Gasteiger partial charge is 0.493 e. The molecule has 0 radical (unpaired) electrons. The first kappa shape index (κ1) is 16.4. The predicted octanol–water partition coefficient (Wildman–Crippen LogP) is 3.92. The van der Waals surface area contributed by atoms with Crippen LogP contribution in [0.4, 0.5) is 4.39 Å². The van der Waals surface area contributed by atoms with Gasteiger partial charge in [-0.25, -0.2) is 4.39 Å². The minimum Gasteiger partial charge on any atom is -0.493 e. The highest BCUT2D eigenvalue weighted by molar-refractivity contribution is 5.91. The van der Waals surface area contributed by atoms with Crippen LogP contribution >= 0.6 is 0 Å². The molecule has 0 aliphatic carbocycles. The summed E-state index contributed by atoms with van der Waals surface area (Å²) in [5.41, 5.74) is 1.44. The number of halogens is 1. The summed E-state index contributed by atoms with van der Waals surface area (Å²) in [5, 5.41) is 9.39. The molecule has 0 spiro atoms. The Bertz CT molecular complexity index is 778. The second-order valence-electron chi connectivity index (χ2n) is 4.60. The van der Waals surface area contributed by atoms with E-state index in [4.69, 9.17) is 14.2 Å². The van der Waals surface area contributed by atoms with Crippen molar-refractivity contribution in [3.05, 3.63) is 53.3 Å². The fourth-order valence-electron chi connectivity index (χ4n) is 2.23. The summed E-state index contributed by atoms with van der Waals surface area (Å²) in [4.78, 5) is 0. The molecule has 2 rings (SSSR count). The van der Waals surface area contributed by atoms with E-state index in [2.05, 4.69) is 6.07 Å². The molecule has 23 heavy (non-hydrogen) atoms. The molecule has 0 heterocycles. The summed E-state index contributed by atoms with van der Waals surface area (Å²) >= 11 is 0. The van der Waals surface area contributed by atoms with Crippen LogP contribution in [-0.4, -0.2) is 21.3 Å². The van der Waals surface area contributed by atoms with Crippen molar-refractivity contribution >= 4 is 11.6 Å². The van der Waals surface area contributed by atoms with Crippen LogP contribution in [0.1, 0.15) is 11.1 Å². The molecule has 2 aromatic carbocycles. The van der Waals surface area contributed by atoms with Crippen LogP contribution in [0.2, 0.25) is 0 Å². The molecule has 0 saturated heterocycles. The highest BCUT2D eigenvalue weighted by atomic mass is 19.1. The average Bonchev–Trinajstić information content (AvgIpc) is 2.58. The standard InChI is InChI=1S/C18H16FNO3/c1-21-16-8-7-13(17(22-2)18(16)23-3)9-14(11-20)12-5-4-6-15(19)10-12/h4-10H,1-3H3/b14-9-. The van der Waals surface area contributed by atoms with E-state index in [1.165, 1.54) is 33.5 Å². The maximum atomic E-state index is 13.4. The summed E-state index contributed by atoms with van der Waals surface area (Å²) in [5.74, 6) is 0.991. The summed E-state index contributed by atoms with van der Waals surface area (Å²) < 4.78 is 29.3. The SMILES string of the molecule is COc1ccc(/C=C(/C#N)c2cccc(F)c2)c(OC)c1OC. The molecule has 0 aliphatic heterocycles. The van der Waals surface area contributed by atoms with E-state index in [0.717, 1.165) is 0 Å². The maximum absolute atomic E-state index is 13.4. The van der Waals surface area contributed by atoms with E-state index < -0.39 is 5.82 Å². The number of methoxy groups -OCH3 is 3. The number of rotatable bonds is 5. The van der Waals surface area contributed by atoms with Crippen molar-refractivity contribution in [3.8, 4) is 23.3 Å². The first-order valence-electron chi connectivity index (χ1n) is 6.81. The Labute approximate surface area is 134 Å². The van der Waals surface area contributed by atoms with Gasteiger partial charge in [-0.05, 0) is 35.9 Å². The van der Waals surface area contributed by atoms with Crippen LogP contribution < -0.4 is 14.2 Å².